The Kier molecular flexibility index (Phi) is 50.4. The Morgan fingerprint density at radius 2 is 1.06 bits per heavy atom. The van der Waals surface area contributed by atoms with Gasteiger partial charge in [0.2, 0.25) is 0 Å². The van der Waals surface area contributed by atoms with Crippen molar-refractivity contribution in [1.29, 1.82) is 0 Å². The topological polar surface area (TPSA) is 121 Å². The molecule has 0 spiro atoms. The molecule has 0 N–H and O–H groups in total. The minimum Gasteiger partial charge on any atom is -0.276 e. The van der Waals surface area contributed by atoms with Crippen LogP contribution in [0.3, 0.4) is 0 Å². The lowest BCUT2D eigenvalue weighted by atomic mass is 10.2. The monoisotopic (exact) mass is 915 g/mol. The van der Waals surface area contributed by atoms with Crippen LogP contribution < -0.4 is 0 Å². The molecule has 0 aromatic carbocycles. The minimum atomic E-state index is 0. The average Bonchev–Trinajstić information content (AvgIpc) is 3.91. The first kappa shape index (κ1) is 74.8. The van der Waals surface area contributed by atoms with Crippen LogP contribution in [-0.4, -0.2) is 49.0 Å². The van der Waals surface area contributed by atoms with Crippen LogP contribution in [0.1, 0.15) is 150 Å². The van der Waals surface area contributed by atoms with E-state index in [1.54, 1.807) is 39.7 Å². The molecule has 10 nitrogen and oxygen atoms in total. The third-order valence-corrected chi connectivity index (χ3v) is 8.75. The lowest BCUT2D eigenvalue weighted by Gasteiger charge is -1.92. The number of hydrogen-bond donors (Lipinski definition) is 0. The molecular weight excluding hydrogens is 825 g/mol. The summed E-state index contributed by atoms with van der Waals surface area (Å²) < 4.78 is 5.93. The molecule has 0 aliphatic heterocycles. The van der Waals surface area contributed by atoms with E-state index >= 15 is 0 Å². The van der Waals surface area contributed by atoms with Gasteiger partial charge in [0.1, 0.15) is 10.8 Å². The van der Waals surface area contributed by atoms with Crippen molar-refractivity contribution < 1.29 is 0 Å². The zero-order chi connectivity index (χ0) is 40.6. The molecule has 0 unspecified atom stereocenters. The Morgan fingerprint density at radius 3 is 1.27 bits per heavy atom. The van der Waals surface area contributed by atoms with Crippen molar-refractivity contribution in [3.63, 3.8) is 0 Å². The van der Waals surface area contributed by atoms with Gasteiger partial charge in [-0.3, -0.25) is 24.6 Å². The normalized spacial score (nSPS) is 8.32. The number of rotatable bonds is 1. The smallest absolute Gasteiger partial charge is 0.145 e. The summed E-state index contributed by atoms with van der Waals surface area (Å²) in [6.45, 7) is 28.2. The molecule has 0 saturated carbocycles. The molecule has 354 valence electrons. The Morgan fingerprint density at radius 1 is 0.500 bits per heavy atom. The van der Waals surface area contributed by atoms with Crippen molar-refractivity contribution in [3.8, 4) is 0 Å². The maximum absolute atomic E-state index is 4.22. The summed E-state index contributed by atoms with van der Waals surface area (Å²) in [7, 11) is 1.91. The van der Waals surface area contributed by atoms with Gasteiger partial charge in [0.25, 0.3) is 0 Å². The molecule has 7 aromatic heterocycles. The van der Waals surface area contributed by atoms with Crippen molar-refractivity contribution in [3.05, 3.63) is 144 Å². The van der Waals surface area contributed by atoms with E-state index in [1.165, 1.54) is 27.5 Å². The van der Waals surface area contributed by atoms with Crippen molar-refractivity contribution in [1.82, 2.24) is 49.0 Å². The highest BCUT2D eigenvalue weighted by atomic mass is 32.1. The Labute approximate surface area is 394 Å². The molecular formula is C49H90N10S3. The third-order valence-electron chi connectivity index (χ3n) is 6.40. The highest BCUT2D eigenvalue weighted by molar-refractivity contribution is 7.11. The molecule has 7 heterocycles. The van der Waals surface area contributed by atoms with E-state index in [9.17, 15) is 0 Å². The van der Waals surface area contributed by atoms with E-state index in [1.807, 2.05) is 119 Å². The quantitative estimate of drug-likeness (QED) is 0.158. The van der Waals surface area contributed by atoms with Gasteiger partial charge in [-0.2, -0.15) is 9.47 Å². The highest BCUT2D eigenvalue weighted by Crippen LogP contribution is 2.12. The zero-order valence-corrected chi connectivity index (χ0v) is 37.2. The lowest BCUT2D eigenvalue weighted by Crippen LogP contribution is -1.88. The van der Waals surface area contributed by atoms with Crippen LogP contribution in [0.5, 0.6) is 0 Å². The van der Waals surface area contributed by atoms with Crippen molar-refractivity contribution in [2.24, 2.45) is 7.05 Å². The van der Waals surface area contributed by atoms with E-state index in [0.29, 0.717) is 5.92 Å². The Bertz CT molecular complexity index is 1750. The molecule has 0 bridgehead atoms. The summed E-state index contributed by atoms with van der Waals surface area (Å²) in [5.74, 6) is 1.44. The summed E-state index contributed by atoms with van der Waals surface area (Å²) >= 11 is 4.90. The number of thiazole rings is 2. The largest absolute Gasteiger partial charge is 0.276 e. The molecule has 0 aliphatic carbocycles. The van der Waals surface area contributed by atoms with E-state index < -0.39 is 0 Å². The molecule has 0 aliphatic rings. The molecule has 13 heteroatoms. The Hall–Kier alpha value is -4.59. The molecule has 0 atom stereocenters. The maximum atomic E-state index is 4.22. The predicted octanol–water partition coefficient (Wildman–Crippen LogP) is 15.8. The van der Waals surface area contributed by atoms with Gasteiger partial charge in [0.05, 0.1) is 27.1 Å². The second kappa shape index (κ2) is 41.7. The number of pyridine rings is 2. The van der Waals surface area contributed by atoms with E-state index in [2.05, 4.69) is 89.6 Å². The highest BCUT2D eigenvalue weighted by Gasteiger charge is 2.03. The lowest BCUT2D eigenvalue weighted by molar-refractivity contribution is 0.756. The number of nitrogens with zero attached hydrogens (tertiary/aromatic N) is 10. The third kappa shape index (κ3) is 38.3. The first-order chi connectivity index (χ1) is 25.4. The standard InChI is InChI=1S/2C7H9N.C6H10N2S.C6H8N2.C5H8N2.2C5H7NS.8CH4/c1-6-3-4-8-7(2)5-6;1-6-3-4-7(2)8-5-6;1-4(2)6-7-5(3)9-8-6;1-5-3-8-6(2)4-7-5;1-5-3-4-7(2)6-5;1-4-3-7-5(2)6-4;1-4-3-6-5(2)7-4;;;;;;;;/h2*3-5H,1-2H3;4H,1-3H3;3-4H,1-2H3;3-4H,1-2H3;2*3H,1-2H3;8*1H4. The summed E-state index contributed by atoms with van der Waals surface area (Å²) in [5, 5.41) is 9.43. The van der Waals surface area contributed by atoms with E-state index in [-0.39, 0.29) is 59.4 Å². The summed E-state index contributed by atoms with van der Waals surface area (Å²) in [6.07, 6.45) is 11.0. The summed E-state index contributed by atoms with van der Waals surface area (Å²) in [6, 6.07) is 10.1. The van der Waals surface area contributed by atoms with Crippen LogP contribution >= 0.6 is 34.2 Å². The van der Waals surface area contributed by atoms with Gasteiger partial charge in [0.15, 0.2) is 0 Å². The number of aromatic nitrogens is 10. The van der Waals surface area contributed by atoms with Crippen LogP contribution in [-0.2, 0) is 7.05 Å². The molecule has 62 heavy (non-hydrogen) atoms. The molecule has 7 rings (SSSR count). The minimum absolute atomic E-state index is 0. The summed E-state index contributed by atoms with van der Waals surface area (Å²) in [5.41, 5.74) is 8.80. The first-order valence-electron chi connectivity index (χ1n) is 17.5. The number of aryl methyl sites for hydroxylation is 13. The first-order valence-corrected chi connectivity index (χ1v) is 20.0. The van der Waals surface area contributed by atoms with Gasteiger partial charge in [-0.05, 0) is 130 Å². The maximum Gasteiger partial charge on any atom is 0.145 e. The van der Waals surface area contributed by atoms with Crippen LogP contribution in [0, 0.1) is 83.1 Å². The summed E-state index contributed by atoms with van der Waals surface area (Å²) in [4.78, 5) is 29.8. The van der Waals surface area contributed by atoms with Gasteiger partial charge < -0.3 is 0 Å². The van der Waals surface area contributed by atoms with Gasteiger partial charge in [-0.25, -0.2) is 15.0 Å². The van der Waals surface area contributed by atoms with E-state index in [0.717, 1.165) is 55.0 Å². The zero-order valence-electron chi connectivity index (χ0n) is 34.7. The van der Waals surface area contributed by atoms with Crippen LogP contribution in [0.15, 0.2) is 72.9 Å². The molecule has 0 saturated heterocycles. The fourth-order valence-electron chi connectivity index (χ4n) is 3.71. The molecule has 0 radical (unpaired) electrons. The van der Waals surface area contributed by atoms with Crippen LogP contribution in [0.4, 0.5) is 0 Å². The van der Waals surface area contributed by atoms with Gasteiger partial charge in [-0.1, -0.05) is 79.3 Å². The second-order valence-electron chi connectivity index (χ2n) is 12.7. The van der Waals surface area contributed by atoms with Gasteiger partial charge in [0, 0.05) is 77.5 Å². The molecule has 7 aromatic rings. The SMILES string of the molecule is C.C.C.C.C.C.C.C.Cc1ccc(C)nc1.Cc1ccn(C)n1.Cc1ccnc(C)c1.Cc1cnc(C)cn1.Cc1cnc(C)s1.Cc1csc(C)n1.Cc1nc(C(C)C)ns1. The fourth-order valence-corrected chi connectivity index (χ4v) is 5.58. The van der Waals surface area contributed by atoms with Crippen molar-refractivity contribution in [2.45, 2.75) is 162 Å². The van der Waals surface area contributed by atoms with Crippen molar-refractivity contribution in [2.75, 3.05) is 0 Å². The van der Waals surface area contributed by atoms with Gasteiger partial charge >= 0.3 is 0 Å². The molecule has 0 fully saturated rings. The van der Waals surface area contributed by atoms with Crippen molar-refractivity contribution >= 4 is 34.2 Å². The van der Waals surface area contributed by atoms with Crippen LogP contribution in [0.2, 0.25) is 0 Å². The average molecular weight is 916 g/mol. The van der Waals surface area contributed by atoms with E-state index in [4.69, 9.17) is 0 Å². The number of hydrogen-bond acceptors (Lipinski definition) is 12. The fraction of sp³-hybridized carbons (Fsp3) is 0.490. The Balaban J connectivity index is -0.0000000896. The second-order valence-corrected chi connectivity index (χ2v) is 16.2. The van der Waals surface area contributed by atoms with Gasteiger partial charge in [-0.15, -0.1) is 22.7 Å². The van der Waals surface area contributed by atoms with Crippen LogP contribution in [0.25, 0.3) is 0 Å². The molecule has 0 amide bonds. The predicted molar refractivity (Wildman–Crippen MR) is 283 cm³/mol.